The number of hydrogen-bond donors (Lipinski definition) is 3. The Hall–Kier alpha value is -4.08. The van der Waals surface area contributed by atoms with E-state index in [1.165, 1.54) is 11.3 Å². The average molecular weight is 486 g/mol. The van der Waals surface area contributed by atoms with Gasteiger partial charge in [0, 0.05) is 46.0 Å². The molecule has 0 aliphatic rings. The summed E-state index contributed by atoms with van der Waals surface area (Å²) in [5, 5.41) is 21.0. The van der Waals surface area contributed by atoms with Gasteiger partial charge in [0.2, 0.25) is 0 Å². The van der Waals surface area contributed by atoms with E-state index in [1.54, 1.807) is 35.1 Å². The fraction of sp³-hybridized carbons (Fsp3) is 0.154. The van der Waals surface area contributed by atoms with Gasteiger partial charge in [-0.1, -0.05) is 19.1 Å². The topological polar surface area (TPSA) is 109 Å². The van der Waals surface area contributed by atoms with Crippen molar-refractivity contribution >= 4 is 45.3 Å². The van der Waals surface area contributed by atoms with Crippen LogP contribution in [-0.4, -0.2) is 43.9 Å². The molecule has 176 valence electrons. The van der Waals surface area contributed by atoms with E-state index in [-0.39, 0.29) is 24.5 Å². The number of carbonyl (C=O) groups is 2. The van der Waals surface area contributed by atoms with Crippen LogP contribution in [-0.2, 0) is 0 Å². The van der Waals surface area contributed by atoms with Crippen molar-refractivity contribution < 1.29 is 14.7 Å². The molecule has 0 fully saturated rings. The van der Waals surface area contributed by atoms with Crippen LogP contribution in [0, 0.1) is 0 Å². The summed E-state index contributed by atoms with van der Waals surface area (Å²) in [6, 6.07) is 12.4. The number of fused-ring (bicyclic) bond motifs is 2. The Morgan fingerprint density at radius 2 is 2.03 bits per heavy atom. The van der Waals surface area contributed by atoms with Crippen molar-refractivity contribution in [3.63, 3.8) is 0 Å². The number of thiophene rings is 1. The molecule has 35 heavy (non-hydrogen) atoms. The number of imidazole rings is 1. The molecule has 0 saturated heterocycles. The predicted molar refractivity (Wildman–Crippen MR) is 137 cm³/mol. The van der Waals surface area contributed by atoms with Gasteiger partial charge in [-0.25, -0.2) is 4.98 Å². The highest BCUT2D eigenvalue weighted by Crippen LogP contribution is 2.29. The lowest BCUT2D eigenvalue weighted by Gasteiger charge is -2.14. The Morgan fingerprint density at radius 1 is 1.14 bits per heavy atom. The molecule has 0 spiro atoms. The lowest BCUT2D eigenvalue weighted by atomic mass is 10.1. The molecule has 4 heterocycles. The second-order valence-corrected chi connectivity index (χ2v) is 8.83. The van der Waals surface area contributed by atoms with Gasteiger partial charge in [0.1, 0.15) is 11.4 Å². The van der Waals surface area contributed by atoms with Crippen molar-refractivity contribution in [3.05, 3.63) is 83.1 Å². The first-order chi connectivity index (χ1) is 17.1. The average Bonchev–Trinajstić information content (AvgIpc) is 3.55. The summed E-state index contributed by atoms with van der Waals surface area (Å²) in [4.78, 5) is 35.6. The van der Waals surface area contributed by atoms with E-state index in [2.05, 4.69) is 15.6 Å². The van der Waals surface area contributed by atoms with E-state index in [1.807, 2.05) is 48.0 Å². The summed E-state index contributed by atoms with van der Waals surface area (Å²) in [7, 11) is 0. The van der Waals surface area contributed by atoms with E-state index in [9.17, 15) is 14.7 Å². The van der Waals surface area contributed by atoms with Crippen molar-refractivity contribution in [2.24, 2.45) is 0 Å². The summed E-state index contributed by atoms with van der Waals surface area (Å²) >= 11 is 1.50. The molecule has 0 bridgehead atoms. The molecule has 0 unspecified atom stereocenters. The van der Waals surface area contributed by atoms with Gasteiger partial charge in [-0.2, -0.15) is 11.3 Å². The lowest BCUT2D eigenvalue weighted by Crippen LogP contribution is -2.37. The van der Waals surface area contributed by atoms with Crippen LogP contribution in [0.4, 0.5) is 5.69 Å². The van der Waals surface area contributed by atoms with E-state index < -0.39 is 0 Å². The molecule has 1 atom stereocenters. The fourth-order valence-electron chi connectivity index (χ4n) is 4.01. The Kier molecular flexibility index (Phi) is 6.26. The molecule has 2 amide bonds. The van der Waals surface area contributed by atoms with Crippen molar-refractivity contribution in [2.45, 2.75) is 19.4 Å². The number of nitrogens with one attached hydrogen (secondary N) is 2. The van der Waals surface area contributed by atoms with Gasteiger partial charge in [0.15, 0.2) is 5.65 Å². The van der Waals surface area contributed by atoms with Crippen molar-refractivity contribution in [1.82, 2.24) is 19.7 Å². The number of rotatable bonds is 7. The third-order valence-corrected chi connectivity index (χ3v) is 6.56. The highest BCUT2D eigenvalue weighted by Gasteiger charge is 2.25. The zero-order valence-electron chi connectivity index (χ0n) is 18.9. The van der Waals surface area contributed by atoms with E-state index >= 15 is 0 Å². The molecule has 9 heteroatoms. The van der Waals surface area contributed by atoms with Gasteiger partial charge in [-0.3, -0.25) is 19.0 Å². The van der Waals surface area contributed by atoms with Crippen LogP contribution in [0.1, 0.15) is 34.2 Å². The third kappa shape index (κ3) is 4.27. The molecule has 3 N–H and O–H groups in total. The molecule has 5 rings (SSSR count). The minimum atomic E-state index is -0.379. The Balaban J connectivity index is 1.60. The molecule has 5 aromatic rings. The standard InChI is InChI=1S/C26H23N5O3S/c1-2-18(14-32)28-26(34)23-22(17-9-12-35-15-17)30-24-20(6-4-11-31(23)24)25(33)29-21-7-3-5-16-13-27-10-8-19(16)21/h3-13,15,18,32H,2,14H2,1H3,(H,28,34)(H,29,33)/t18-/m0/s1. The highest BCUT2D eigenvalue weighted by molar-refractivity contribution is 7.08. The molecule has 0 radical (unpaired) electrons. The van der Waals surface area contributed by atoms with Crippen LogP contribution in [0.25, 0.3) is 27.7 Å². The summed E-state index contributed by atoms with van der Waals surface area (Å²) in [6.07, 6.45) is 5.73. The number of amides is 2. The number of nitrogens with zero attached hydrogens (tertiary/aromatic N) is 3. The summed E-state index contributed by atoms with van der Waals surface area (Å²) in [6.45, 7) is 1.72. The first-order valence-corrected chi connectivity index (χ1v) is 12.1. The number of aliphatic hydroxyl groups excluding tert-OH is 1. The van der Waals surface area contributed by atoms with Gasteiger partial charge >= 0.3 is 0 Å². The maximum Gasteiger partial charge on any atom is 0.270 e. The van der Waals surface area contributed by atoms with E-state index in [0.717, 1.165) is 16.3 Å². The Morgan fingerprint density at radius 3 is 2.80 bits per heavy atom. The molecule has 1 aromatic carbocycles. The molecular formula is C26H23N5O3S. The van der Waals surface area contributed by atoms with Gasteiger partial charge < -0.3 is 15.7 Å². The van der Waals surface area contributed by atoms with Gasteiger partial charge in [0.05, 0.1) is 18.2 Å². The van der Waals surface area contributed by atoms with Crippen LogP contribution in [0.2, 0.25) is 0 Å². The Bertz CT molecular complexity index is 1520. The monoisotopic (exact) mass is 485 g/mol. The largest absolute Gasteiger partial charge is 0.394 e. The van der Waals surface area contributed by atoms with E-state index in [4.69, 9.17) is 4.98 Å². The molecule has 8 nitrogen and oxygen atoms in total. The van der Waals surface area contributed by atoms with Crippen LogP contribution in [0.3, 0.4) is 0 Å². The predicted octanol–water partition coefficient (Wildman–Crippen LogP) is 4.36. The Labute approximate surface area is 205 Å². The minimum Gasteiger partial charge on any atom is -0.394 e. The van der Waals surface area contributed by atoms with Crippen LogP contribution < -0.4 is 10.6 Å². The maximum absolute atomic E-state index is 13.4. The smallest absolute Gasteiger partial charge is 0.270 e. The molecular weight excluding hydrogens is 462 g/mol. The SMILES string of the molecule is CC[C@@H](CO)NC(=O)c1c(-c2ccsc2)nc2c(C(=O)Nc3cccc4cnccc34)cccn12. The lowest BCUT2D eigenvalue weighted by molar-refractivity contribution is 0.0909. The van der Waals surface area contributed by atoms with Crippen molar-refractivity contribution in [1.29, 1.82) is 0 Å². The molecule has 0 aliphatic heterocycles. The van der Waals surface area contributed by atoms with Gasteiger partial charge in [-0.15, -0.1) is 0 Å². The fourth-order valence-corrected chi connectivity index (χ4v) is 4.65. The number of aromatic nitrogens is 3. The first-order valence-electron chi connectivity index (χ1n) is 11.2. The van der Waals surface area contributed by atoms with E-state index in [0.29, 0.717) is 34.7 Å². The first kappa shape index (κ1) is 22.7. The zero-order chi connectivity index (χ0) is 24.4. The highest BCUT2D eigenvalue weighted by atomic mass is 32.1. The number of anilines is 1. The van der Waals surface area contributed by atoms with Crippen LogP contribution in [0.15, 0.2) is 71.8 Å². The summed E-state index contributed by atoms with van der Waals surface area (Å²) < 4.78 is 1.63. The zero-order valence-corrected chi connectivity index (χ0v) is 19.7. The van der Waals surface area contributed by atoms with Gasteiger partial charge in [0.25, 0.3) is 11.8 Å². The van der Waals surface area contributed by atoms with Crippen molar-refractivity contribution in [3.8, 4) is 11.3 Å². The molecule has 0 saturated carbocycles. The quantitative estimate of drug-likeness (QED) is 0.317. The maximum atomic E-state index is 13.4. The number of aliphatic hydroxyl groups is 1. The summed E-state index contributed by atoms with van der Waals surface area (Å²) in [5.74, 6) is -0.700. The van der Waals surface area contributed by atoms with Crippen LogP contribution in [0.5, 0.6) is 0 Å². The van der Waals surface area contributed by atoms with Gasteiger partial charge in [-0.05, 0) is 42.1 Å². The number of benzene rings is 1. The second kappa shape index (κ2) is 9.65. The minimum absolute atomic E-state index is 0.166. The second-order valence-electron chi connectivity index (χ2n) is 8.05. The number of pyridine rings is 2. The number of hydrogen-bond acceptors (Lipinski definition) is 6. The normalized spacial score (nSPS) is 12.1. The number of carbonyl (C=O) groups excluding carboxylic acids is 2. The van der Waals surface area contributed by atoms with Crippen molar-refractivity contribution in [2.75, 3.05) is 11.9 Å². The van der Waals surface area contributed by atoms with Crippen LogP contribution >= 0.6 is 11.3 Å². The molecule has 4 aromatic heterocycles. The molecule has 0 aliphatic carbocycles. The third-order valence-electron chi connectivity index (χ3n) is 5.88. The summed E-state index contributed by atoms with van der Waals surface area (Å²) in [5.41, 5.74) is 2.95.